The molecule has 1 fully saturated rings. The number of aromatic nitrogens is 2. The molecule has 0 aliphatic carbocycles. The number of nitrogens with zero attached hydrogens (tertiary/aromatic N) is 1. The average molecular weight is 399 g/mol. The van der Waals surface area contributed by atoms with E-state index in [4.69, 9.17) is 9.47 Å². The molecule has 29 heavy (non-hydrogen) atoms. The number of aromatic amines is 1. The summed E-state index contributed by atoms with van der Waals surface area (Å²) < 4.78 is 38.1. The SMILES string of the molecule is COc1cc(C=Cc2n[nH]c3cc(F)c(NC(=O)C4CCOC4)cc23)ccc1F. The van der Waals surface area contributed by atoms with Gasteiger partial charge in [0.25, 0.3) is 0 Å². The average Bonchev–Trinajstić information content (AvgIpc) is 3.38. The topological polar surface area (TPSA) is 76.2 Å². The van der Waals surface area contributed by atoms with Crippen LogP contribution in [-0.2, 0) is 9.53 Å². The van der Waals surface area contributed by atoms with Crippen molar-refractivity contribution in [2.75, 3.05) is 25.6 Å². The van der Waals surface area contributed by atoms with Crippen molar-refractivity contribution >= 4 is 34.6 Å². The lowest BCUT2D eigenvalue weighted by Gasteiger charge is -2.10. The van der Waals surface area contributed by atoms with Gasteiger partial charge in [-0.05, 0) is 36.3 Å². The van der Waals surface area contributed by atoms with Gasteiger partial charge in [0.2, 0.25) is 5.91 Å². The van der Waals surface area contributed by atoms with E-state index in [2.05, 4.69) is 15.5 Å². The Morgan fingerprint density at radius 1 is 1.28 bits per heavy atom. The summed E-state index contributed by atoms with van der Waals surface area (Å²) in [5.74, 6) is -1.39. The van der Waals surface area contributed by atoms with Crippen molar-refractivity contribution in [3.05, 3.63) is 53.2 Å². The Kier molecular flexibility index (Phi) is 5.26. The van der Waals surface area contributed by atoms with Gasteiger partial charge in [-0.25, -0.2) is 8.78 Å². The van der Waals surface area contributed by atoms with Gasteiger partial charge in [0.05, 0.1) is 36.5 Å². The number of H-pyrrole nitrogens is 1. The monoisotopic (exact) mass is 399 g/mol. The number of carbonyl (C=O) groups excluding carboxylic acids is 1. The molecule has 1 amide bonds. The van der Waals surface area contributed by atoms with Gasteiger partial charge < -0.3 is 14.8 Å². The maximum absolute atomic E-state index is 14.4. The van der Waals surface area contributed by atoms with E-state index in [0.29, 0.717) is 36.2 Å². The molecule has 2 aromatic carbocycles. The molecule has 0 bridgehead atoms. The van der Waals surface area contributed by atoms with Crippen molar-refractivity contribution in [3.8, 4) is 5.75 Å². The molecule has 1 aromatic heterocycles. The minimum Gasteiger partial charge on any atom is -0.494 e. The van der Waals surface area contributed by atoms with Crippen LogP contribution < -0.4 is 10.1 Å². The molecule has 6 nitrogen and oxygen atoms in total. The van der Waals surface area contributed by atoms with Gasteiger partial charge in [-0.1, -0.05) is 12.1 Å². The third-order valence-corrected chi connectivity index (χ3v) is 4.85. The molecule has 3 aromatic rings. The summed E-state index contributed by atoms with van der Waals surface area (Å²) in [5, 5.41) is 10.3. The molecule has 0 spiro atoms. The van der Waals surface area contributed by atoms with Crippen LogP contribution in [0.3, 0.4) is 0 Å². The van der Waals surface area contributed by atoms with Crippen LogP contribution in [0.25, 0.3) is 23.1 Å². The first-order chi connectivity index (χ1) is 14.0. The highest BCUT2D eigenvalue weighted by Crippen LogP contribution is 2.27. The van der Waals surface area contributed by atoms with Crippen molar-refractivity contribution in [2.45, 2.75) is 6.42 Å². The highest BCUT2D eigenvalue weighted by atomic mass is 19.1. The molecule has 1 unspecified atom stereocenters. The Balaban J connectivity index is 1.61. The first-order valence-electron chi connectivity index (χ1n) is 9.13. The summed E-state index contributed by atoms with van der Waals surface area (Å²) in [6, 6.07) is 7.33. The Morgan fingerprint density at radius 2 is 2.14 bits per heavy atom. The number of hydrogen-bond donors (Lipinski definition) is 2. The fraction of sp³-hybridized carbons (Fsp3) is 0.238. The molecular weight excluding hydrogens is 380 g/mol. The number of carbonyl (C=O) groups is 1. The summed E-state index contributed by atoms with van der Waals surface area (Å²) in [7, 11) is 1.40. The Bertz CT molecular complexity index is 1090. The maximum atomic E-state index is 14.4. The van der Waals surface area contributed by atoms with Crippen LogP contribution in [-0.4, -0.2) is 36.4 Å². The van der Waals surface area contributed by atoms with Gasteiger partial charge in [-0.3, -0.25) is 9.89 Å². The highest BCUT2D eigenvalue weighted by molar-refractivity contribution is 5.97. The fourth-order valence-corrected chi connectivity index (χ4v) is 3.21. The number of anilines is 1. The quantitative estimate of drug-likeness (QED) is 0.680. The van der Waals surface area contributed by atoms with E-state index < -0.39 is 11.6 Å². The lowest BCUT2D eigenvalue weighted by Crippen LogP contribution is -2.23. The van der Waals surface area contributed by atoms with Crippen molar-refractivity contribution in [1.29, 1.82) is 0 Å². The smallest absolute Gasteiger partial charge is 0.229 e. The summed E-state index contributed by atoms with van der Waals surface area (Å²) in [5.41, 5.74) is 1.87. The standard InChI is InChI=1S/C21H19F2N3O3/c1-28-20-8-12(2-4-15(20)22)3-5-17-14-9-19(16(23)10-18(14)26-25-17)24-21(27)13-6-7-29-11-13/h2-5,8-10,13H,6-7,11H2,1H3,(H,24,27)(H,25,26). The molecule has 1 aliphatic rings. The number of ether oxygens (including phenoxy) is 2. The first kappa shape index (κ1) is 19.1. The van der Waals surface area contributed by atoms with Crippen molar-refractivity contribution in [2.24, 2.45) is 5.92 Å². The number of rotatable bonds is 5. The molecule has 4 rings (SSSR count). The van der Waals surface area contributed by atoms with Gasteiger partial charge in [0.15, 0.2) is 11.6 Å². The number of halogens is 2. The molecule has 150 valence electrons. The van der Waals surface area contributed by atoms with Gasteiger partial charge in [-0.15, -0.1) is 0 Å². The number of hydrogen-bond acceptors (Lipinski definition) is 4. The van der Waals surface area contributed by atoms with Crippen LogP contribution >= 0.6 is 0 Å². The summed E-state index contributed by atoms with van der Waals surface area (Å²) >= 11 is 0. The zero-order valence-electron chi connectivity index (χ0n) is 15.7. The van der Waals surface area contributed by atoms with E-state index in [1.54, 1.807) is 30.4 Å². The molecule has 0 radical (unpaired) electrons. The Morgan fingerprint density at radius 3 is 2.90 bits per heavy atom. The second kappa shape index (κ2) is 8.00. The van der Waals surface area contributed by atoms with Gasteiger partial charge in [0, 0.05) is 18.1 Å². The van der Waals surface area contributed by atoms with Crippen LogP contribution in [0.5, 0.6) is 5.75 Å². The highest BCUT2D eigenvalue weighted by Gasteiger charge is 2.24. The number of methoxy groups -OCH3 is 1. The second-order valence-corrected chi connectivity index (χ2v) is 6.76. The molecule has 1 aliphatic heterocycles. The number of benzene rings is 2. The minimum atomic E-state index is -0.549. The van der Waals surface area contributed by atoms with E-state index in [1.165, 1.54) is 19.2 Å². The zero-order valence-corrected chi connectivity index (χ0v) is 15.7. The van der Waals surface area contributed by atoms with Gasteiger partial charge in [0.1, 0.15) is 5.82 Å². The summed E-state index contributed by atoms with van der Waals surface area (Å²) in [6.07, 6.45) is 4.09. The largest absolute Gasteiger partial charge is 0.494 e. The molecule has 2 heterocycles. The van der Waals surface area contributed by atoms with Gasteiger partial charge >= 0.3 is 0 Å². The number of nitrogens with one attached hydrogen (secondary N) is 2. The van der Waals surface area contributed by atoms with Crippen LogP contribution in [0.15, 0.2) is 30.3 Å². The lowest BCUT2D eigenvalue weighted by atomic mass is 10.1. The minimum absolute atomic E-state index is 0.0916. The zero-order chi connectivity index (χ0) is 20.4. The Hall–Kier alpha value is -3.26. The predicted octanol–water partition coefficient (Wildman–Crippen LogP) is 4.00. The molecule has 1 atom stereocenters. The fourth-order valence-electron chi connectivity index (χ4n) is 3.21. The van der Waals surface area contributed by atoms with Crippen LogP contribution in [0.4, 0.5) is 14.5 Å². The van der Waals surface area contributed by atoms with E-state index in [1.807, 2.05) is 0 Å². The summed E-state index contributed by atoms with van der Waals surface area (Å²) in [4.78, 5) is 12.3. The van der Waals surface area contributed by atoms with Crippen molar-refractivity contribution < 1.29 is 23.0 Å². The first-order valence-corrected chi connectivity index (χ1v) is 9.13. The summed E-state index contributed by atoms with van der Waals surface area (Å²) in [6.45, 7) is 0.876. The molecular formula is C21H19F2N3O3. The molecule has 0 saturated carbocycles. The second-order valence-electron chi connectivity index (χ2n) is 6.76. The Labute approximate surface area is 165 Å². The maximum Gasteiger partial charge on any atom is 0.229 e. The van der Waals surface area contributed by atoms with Crippen molar-refractivity contribution in [3.63, 3.8) is 0 Å². The normalized spacial score (nSPS) is 16.6. The molecule has 8 heteroatoms. The van der Waals surface area contributed by atoms with Crippen molar-refractivity contribution in [1.82, 2.24) is 10.2 Å². The van der Waals surface area contributed by atoms with Crippen LogP contribution in [0, 0.1) is 17.6 Å². The lowest BCUT2D eigenvalue weighted by molar-refractivity contribution is -0.119. The van der Waals surface area contributed by atoms with E-state index in [0.717, 1.165) is 5.56 Å². The van der Waals surface area contributed by atoms with Crippen LogP contribution in [0.2, 0.25) is 0 Å². The van der Waals surface area contributed by atoms with E-state index >= 15 is 0 Å². The molecule has 1 saturated heterocycles. The third-order valence-electron chi connectivity index (χ3n) is 4.85. The van der Waals surface area contributed by atoms with Gasteiger partial charge in [-0.2, -0.15) is 5.10 Å². The van der Waals surface area contributed by atoms with Crippen LogP contribution in [0.1, 0.15) is 17.7 Å². The van der Waals surface area contributed by atoms with E-state index in [9.17, 15) is 13.6 Å². The number of amides is 1. The third kappa shape index (κ3) is 3.97. The number of fused-ring (bicyclic) bond motifs is 1. The van der Waals surface area contributed by atoms with E-state index in [-0.39, 0.29) is 23.3 Å². The predicted molar refractivity (Wildman–Crippen MR) is 105 cm³/mol. The molecule has 2 N–H and O–H groups in total.